The summed E-state index contributed by atoms with van der Waals surface area (Å²) in [6.07, 6.45) is 3.45. The molecule has 2 aromatic heterocycles. The number of benzene rings is 1. The summed E-state index contributed by atoms with van der Waals surface area (Å²) in [6.45, 7) is 0.468. The molecule has 0 aliphatic carbocycles. The van der Waals surface area contributed by atoms with Crippen molar-refractivity contribution in [2.45, 2.75) is 6.54 Å². The Balaban J connectivity index is 0.00000121. The average Bonchev–Trinajstić information content (AvgIpc) is 2.97. The van der Waals surface area contributed by atoms with Gasteiger partial charge in [0, 0.05) is 29.9 Å². The molecule has 0 bridgehead atoms. The topological polar surface area (TPSA) is 83.8 Å². The van der Waals surface area contributed by atoms with E-state index in [1.165, 1.54) is 0 Å². The Bertz CT molecular complexity index is 756. The minimum absolute atomic E-state index is 0. The maximum absolute atomic E-state index is 12.2. The summed E-state index contributed by atoms with van der Waals surface area (Å²) < 4.78 is 0. The zero-order valence-corrected chi connectivity index (χ0v) is 13.2. The molecule has 0 spiro atoms. The van der Waals surface area contributed by atoms with Gasteiger partial charge >= 0.3 is 0 Å². The van der Waals surface area contributed by atoms with E-state index in [0.29, 0.717) is 12.1 Å². The normalized spacial score (nSPS) is 9.68. The van der Waals surface area contributed by atoms with E-state index in [0.717, 1.165) is 22.3 Å². The van der Waals surface area contributed by atoms with Crippen LogP contribution in [-0.2, 0) is 6.54 Å². The van der Waals surface area contributed by atoms with Crippen molar-refractivity contribution < 1.29 is 4.79 Å². The third-order valence-corrected chi connectivity index (χ3v) is 3.16. The zero-order valence-electron chi connectivity index (χ0n) is 11.6. The van der Waals surface area contributed by atoms with E-state index < -0.39 is 0 Å². The van der Waals surface area contributed by atoms with Crippen molar-refractivity contribution in [3.63, 3.8) is 0 Å². The number of aromatic nitrogens is 2. The molecule has 116 valence electrons. The smallest absolute Gasteiger partial charge is 0.255 e. The van der Waals surface area contributed by atoms with Gasteiger partial charge in [0.1, 0.15) is 5.65 Å². The summed E-state index contributed by atoms with van der Waals surface area (Å²) in [6, 6.07) is 10.9. The number of H-pyrrole nitrogens is 1. The number of amides is 1. The number of nitrogens with zero attached hydrogens (tertiary/aromatic N) is 1. The first kappa shape index (κ1) is 18.0. The van der Waals surface area contributed by atoms with E-state index in [2.05, 4.69) is 15.3 Å². The van der Waals surface area contributed by atoms with Crippen LogP contribution in [0.3, 0.4) is 0 Å². The molecule has 4 N–H and O–H groups in total. The second-order valence-electron chi connectivity index (χ2n) is 4.45. The largest absolute Gasteiger partial charge is 0.346 e. The molecule has 7 heteroatoms. The molecule has 0 radical (unpaired) electrons. The lowest BCUT2D eigenvalue weighted by Crippen LogP contribution is -2.12. The molecule has 3 aromatic rings. The Labute approximate surface area is 140 Å². The first-order valence-electron chi connectivity index (χ1n) is 6.30. The number of fused-ring (bicyclic) bond motifs is 1. The third-order valence-electron chi connectivity index (χ3n) is 3.16. The van der Waals surface area contributed by atoms with Crippen LogP contribution in [0.5, 0.6) is 0 Å². The lowest BCUT2D eigenvalue weighted by Gasteiger charge is -2.07. The highest BCUT2D eigenvalue weighted by Crippen LogP contribution is 2.20. The fraction of sp³-hybridized carbons (Fsp3) is 0.0667. The van der Waals surface area contributed by atoms with Crippen LogP contribution >= 0.6 is 24.8 Å². The van der Waals surface area contributed by atoms with Crippen LogP contribution in [0.1, 0.15) is 15.9 Å². The minimum Gasteiger partial charge on any atom is -0.346 e. The van der Waals surface area contributed by atoms with E-state index in [-0.39, 0.29) is 30.7 Å². The third kappa shape index (κ3) is 3.57. The standard InChI is InChI=1S/C15H14N4O.2ClH/c16-9-10-1-3-11(4-2-10)15(20)19-13-6-8-18-14-12(13)5-7-17-14;;/h1-8H,9,16H2,(H2,17,18,19,20);2*1H. The molecule has 3 rings (SSSR count). The summed E-state index contributed by atoms with van der Waals surface area (Å²) >= 11 is 0. The molecule has 1 amide bonds. The van der Waals surface area contributed by atoms with E-state index in [9.17, 15) is 4.79 Å². The first-order valence-corrected chi connectivity index (χ1v) is 6.30. The average molecular weight is 339 g/mol. The molecule has 0 saturated carbocycles. The Morgan fingerprint density at radius 1 is 1.14 bits per heavy atom. The number of carbonyl (C=O) groups excluding carboxylic acids is 1. The van der Waals surface area contributed by atoms with E-state index >= 15 is 0 Å². The highest BCUT2D eigenvalue weighted by molar-refractivity contribution is 6.08. The van der Waals surface area contributed by atoms with E-state index in [1.54, 1.807) is 30.6 Å². The summed E-state index contributed by atoms with van der Waals surface area (Å²) in [5.74, 6) is -0.151. The number of nitrogens with one attached hydrogen (secondary N) is 2. The number of pyridine rings is 1. The predicted octanol–water partition coefficient (Wildman–Crippen LogP) is 3.12. The Morgan fingerprint density at radius 2 is 1.86 bits per heavy atom. The minimum atomic E-state index is -0.151. The lowest BCUT2D eigenvalue weighted by molar-refractivity contribution is 0.102. The first-order chi connectivity index (χ1) is 9.78. The van der Waals surface area contributed by atoms with Crippen LogP contribution in [-0.4, -0.2) is 15.9 Å². The van der Waals surface area contributed by atoms with Crippen molar-refractivity contribution in [2.75, 3.05) is 5.32 Å². The van der Waals surface area contributed by atoms with Gasteiger partial charge in [-0.3, -0.25) is 4.79 Å². The van der Waals surface area contributed by atoms with Gasteiger partial charge in [-0.2, -0.15) is 0 Å². The molecule has 2 heterocycles. The van der Waals surface area contributed by atoms with Crippen molar-refractivity contribution >= 4 is 47.4 Å². The van der Waals surface area contributed by atoms with Crippen molar-refractivity contribution in [1.29, 1.82) is 0 Å². The molecule has 5 nitrogen and oxygen atoms in total. The van der Waals surface area contributed by atoms with Gasteiger partial charge < -0.3 is 16.0 Å². The quantitative estimate of drug-likeness (QED) is 0.685. The number of rotatable bonds is 3. The molecule has 0 aliphatic rings. The highest BCUT2D eigenvalue weighted by Gasteiger charge is 2.09. The van der Waals surface area contributed by atoms with Gasteiger partial charge in [0.2, 0.25) is 0 Å². The van der Waals surface area contributed by atoms with Crippen molar-refractivity contribution in [3.05, 3.63) is 59.9 Å². The van der Waals surface area contributed by atoms with E-state index in [1.807, 2.05) is 18.2 Å². The van der Waals surface area contributed by atoms with Gasteiger partial charge in [-0.05, 0) is 29.8 Å². The summed E-state index contributed by atoms with van der Waals surface area (Å²) in [7, 11) is 0. The summed E-state index contributed by atoms with van der Waals surface area (Å²) in [5.41, 5.74) is 8.63. The van der Waals surface area contributed by atoms with Crippen LogP contribution in [0.25, 0.3) is 11.0 Å². The van der Waals surface area contributed by atoms with Gasteiger partial charge in [-0.25, -0.2) is 4.98 Å². The Kier molecular flexibility index (Phi) is 6.37. The molecule has 0 aliphatic heterocycles. The second kappa shape index (κ2) is 7.79. The number of hydrogen-bond donors (Lipinski definition) is 3. The molecule has 22 heavy (non-hydrogen) atoms. The molecule has 0 fully saturated rings. The van der Waals surface area contributed by atoms with Gasteiger partial charge in [0.05, 0.1) is 5.69 Å². The van der Waals surface area contributed by atoms with Crippen LogP contribution in [0, 0.1) is 0 Å². The lowest BCUT2D eigenvalue weighted by atomic mass is 10.1. The number of anilines is 1. The summed E-state index contributed by atoms with van der Waals surface area (Å²) in [4.78, 5) is 19.4. The van der Waals surface area contributed by atoms with E-state index in [4.69, 9.17) is 5.73 Å². The number of nitrogens with two attached hydrogens (primary N) is 1. The van der Waals surface area contributed by atoms with Gasteiger partial charge in [-0.1, -0.05) is 12.1 Å². The highest BCUT2D eigenvalue weighted by atomic mass is 35.5. The molecule has 0 unspecified atom stereocenters. The molecule has 0 atom stereocenters. The number of halogens is 2. The van der Waals surface area contributed by atoms with Crippen LogP contribution in [0.2, 0.25) is 0 Å². The maximum Gasteiger partial charge on any atom is 0.255 e. The monoisotopic (exact) mass is 338 g/mol. The molecule has 0 saturated heterocycles. The van der Waals surface area contributed by atoms with Crippen LogP contribution in [0.4, 0.5) is 5.69 Å². The van der Waals surface area contributed by atoms with Crippen molar-refractivity contribution in [3.8, 4) is 0 Å². The summed E-state index contributed by atoms with van der Waals surface area (Å²) in [5, 5.41) is 3.78. The number of carbonyl (C=O) groups is 1. The number of aromatic amines is 1. The van der Waals surface area contributed by atoms with Crippen molar-refractivity contribution in [1.82, 2.24) is 9.97 Å². The maximum atomic E-state index is 12.2. The van der Waals surface area contributed by atoms with Crippen molar-refractivity contribution in [2.24, 2.45) is 5.73 Å². The molecule has 1 aromatic carbocycles. The van der Waals surface area contributed by atoms with Gasteiger partial charge in [0.15, 0.2) is 0 Å². The van der Waals surface area contributed by atoms with Crippen LogP contribution in [0.15, 0.2) is 48.8 Å². The fourth-order valence-corrected chi connectivity index (χ4v) is 2.06. The fourth-order valence-electron chi connectivity index (χ4n) is 2.06. The van der Waals surface area contributed by atoms with Gasteiger partial charge in [0.25, 0.3) is 5.91 Å². The van der Waals surface area contributed by atoms with Gasteiger partial charge in [-0.15, -0.1) is 24.8 Å². The predicted molar refractivity (Wildman–Crippen MR) is 92.9 cm³/mol. The zero-order chi connectivity index (χ0) is 13.9. The molecular weight excluding hydrogens is 323 g/mol. The van der Waals surface area contributed by atoms with Crippen LogP contribution < -0.4 is 11.1 Å². The molecular formula is C15H16Cl2N4O. The second-order valence-corrected chi connectivity index (χ2v) is 4.45. The number of hydrogen-bond acceptors (Lipinski definition) is 3. The Hall–Kier alpha value is -2.08. The SMILES string of the molecule is Cl.Cl.NCc1ccc(C(=O)Nc2ccnc3[nH]ccc23)cc1. The Morgan fingerprint density at radius 3 is 2.55 bits per heavy atom.